The van der Waals surface area contributed by atoms with Crippen molar-refractivity contribution in [2.75, 3.05) is 7.11 Å². The number of nitrogens with zero attached hydrogens (tertiary/aromatic N) is 3. The average molecular weight is 489 g/mol. The SMILES string of the molecule is COc1ccc([C@H]2[C@H]3CCCC=C3C(C#N)=C(N)C2(C#N)C#N)cc1COc1ccc(F)c(Cl)c1. The van der Waals surface area contributed by atoms with Crippen molar-refractivity contribution < 1.29 is 13.9 Å². The van der Waals surface area contributed by atoms with Crippen molar-refractivity contribution >= 4 is 11.6 Å². The van der Waals surface area contributed by atoms with Gasteiger partial charge in [0.05, 0.1) is 35.5 Å². The zero-order valence-electron chi connectivity index (χ0n) is 19.0. The Balaban J connectivity index is 1.80. The quantitative estimate of drug-likeness (QED) is 0.580. The maximum absolute atomic E-state index is 13.5. The summed E-state index contributed by atoms with van der Waals surface area (Å²) >= 11 is 5.86. The smallest absolute Gasteiger partial charge is 0.191 e. The molecule has 6 nitrogen and oxygen atoms in total. The average Bonchev–Trinajstić information content (AvgIpc) is 2.88. The molecule has 2 atom stereocenters. The molecule has 2 aliphatic rings. The van der Waals surface area contributed by atoms with Crippen LogP contribution in [0.4, 0.5) is 4.39 Å². The van der Waals surface area contributed by atoms with Gasteiger partial charge in [-0.05, 0) is 60.6 Å². The molecule has 0 fully saturated rings. The van der Waals surface area contributed by atoms with Crippen LogP contribution in [0, 0.1) is 51.1 Å². The molecule has 0 aliphatic heterocycles. The number of hydrogen-bond donors (Lipinski definition) is 1. The van der Waals surface area contributed by atoms with E-state index in [0.717, 1.165) is 30.4 Å². The van der Waals surface area contributed by atoms with Gasteiger partial charge in [-0.2, -0.15) is 15.8 Å². The van der Waals surface area contributed by atoms with Gasteiger partial charge in [-0.15, -0.1) is 0 Å². The Labute approximate surface area is 208 Å². The van der Waals surface area contributed by atoms with Crippen LogP contribution in [0.15, 0.2) is 59.3 Å². The van der Waals surface area contributed by atoms with E-state index in [9.17, 15) is 20.2 Å². The molecule has 2 aromatic rings. The first kappa shape index (κ1) is 24.1. The third-order valence-electron chi connectivity index (χ3n) is 6.75. The molecule has 0 bridgehead atoms. The molecule has 2 aromatic carbocycles. The molecular weight excluding hydrogens is 467 g/mol. The van der Waals surface area contributed by atoms with E-state index in [4.69, 9.17) is 26.8 Å². The molecule has 0 radical (unpaired) electrons. The van der Waals surface area contributed by atoms with Gasteiger partial charge in [0.1, 0.15) is 30.0 Å². The molecule has 0 saturated carbocycles. The highest BCUT2D eigenvalue weighted by Gasteiger charge is 2.53. The molecule has 176 valence electrons. The van der Waals surface area contributed by atoms with Crippen molar-refractivity contribution in [2.45, 2.75) is 31.8 Å². The van der Waals surface area contributed by atoms with Gasteiger partial charge in [0.25, 0.3) is 0 Å². The number of rotatable bonds is 5. The minimum Gasteiger partial charge on any atom is -0.496 e. The van der Waals surface area contributed by atoms with E-state index >= 15 is 0 Å². The largest absolute Gasteiger partial charge is 0.496 e. The Morgan fingerprint density at radius 3 is 2.60 bits per heavy atom. The second-order valence-electron chi connectivity index (χ2n) is 8.54. The van der Waals surface area contributed by atoms with Crippen molar-refractivity contribution in [3.05, 3.63) is 81.3 Å². The summed E-state index contributed by atoms with van der Waals surface area (Å²) in [6, 6.07) is 15.9. The number of nitrogens with two attached hydrogens (primary N) is 1. The molecule has 2 N–H and O–H groups in total. The molecule has 0 unspecified atom stereocenters. The van der Waals surface area contributed by atoms with E-state index in [1.54, 1.807) is 6.07 Å². The molecule has 0 aromatic heterocycles. The Kier molecular flexibility index (Phi) is 6.70. The monoisotopic (exact) mass is 488 g/mol. The van der Waals surface area contributed by atoms with E-state index < -0.39 is 17.2 Å². The van der Waals surface area contributed by atoms with Gasteiger partial charge in [-0.3, -0.25) is 0 Å². The molecular formula is C27H22ClFN4O2. The summed E-state index contributed by atoms with van der Waals surface area (Å²) in [5, 5.41) is 30.2. The number of fused-ring (bicyclic) bond motifs is 1. The number of halogens is 2. The van der Waals surface area contributed by atoms with Crippen LogP contribution in [0.3, 0.4) is 0 Å². The fourth-order valence-electron chi connectivity index (χ4n) is 5.08. The van der Waals surface area contributed by atoms with Crippen molar-refractivity contribution in [3.8, 4) is 29.7 Å². The highest BCUT2D eigenvalue weighted by molar-refractivity contribution is 6.30. The standard InChI is InChI=1S/C27H22ClFN4O2/c1-34-24-9-6-16(10-17(24)13-35-18-7-8-23(29)22(28)11-18)25-20-5-3-2-4-19(20)21(12-30)26(33)27(25,14-31)15-32/h4,6-11,20,25H,2-3,5,13,33H2,1H3/t20-,25-/m0/s1. The minimum absolute atomic E-state index is 0.00558. The Morgan fingerprint density at radius 1 is 1.17 bits per heavy atom. The van der Waals surface area contributed by atoms with Crippen LogP contribution < -0.4 is 15.2 Å². The van der Waals surface area contributed by atoms with Crippen LogP contribution in [-0.2, 0) is 6.61 Å². The highest BCUT2D eigenvalue weighted by Crippen LogP contribution is 2.56. The van der Waals surface area contributed by atoms with Gasteiger partial charge in [-0.1, -0.05) is 23.7 Å². The number of methoxy groups -OCH3 is 1. The predicted molar refractivity (Wildman–Crippen MR) is 127 cm³/mol. The third kappa shape index (κ3) is 4.08. The summed E-state index contributed by atoms with van der Waals surface area (Å²) in [5.74, 6) is -0.390. The number of ether oxygens (including phenoxy) is 2. The van der Waals surface area contributed by atoms with Crippen LogP contribution in [0.2, 0.25) is 5.02 Å². The molecule has 0 amide bonds. The van der Waals surface area contributed by atoms with Gasteiger partial charge >= 0.3 is 0 Å². The van der Waals surface area contributed by atoms with E-state index in [2.05, 4.69) is 18.2 Å². The number of allylic oxidation sites excluding steroid dienone is 4. The van der Waals surface area contributed by atoms with E-state index in [1.165, 1.54) is 25.3 Å². The van der Waals surface area contributed by atoms with Crippen molar-refractivity contribution in [2.24, 2.45) is 17.1 Å². The van der Waals surface area contributed by atoms with Gasteiger partial charge in [0.2, 0.25) is 0 Å². The highest BCUT2D eigenvalue weighted by atomic mass is 35.5. The lowest BCUT2D eigenvalue weighted by Gasteiger charge is -2.43. The first-order valence-electron chi connectivity index (χ1n) is 11.1. The number of hydrogen-bond acceptors (Lipinski definition) is 6. The minimum atomic E-state index is -1.69. The summed E-state index contributed by atoms with van der Waals surface area (Å²) in [5.41, 5.74) is 7.09. The van der Waals surface area contributed by atoms with Gasteiger partial charge in [-0.25, -0.2) is 4.39 Å². The number of benzene rings is 2. The summed E-state index contributed by atoms with van der Waals surface area (Å²) in [6.07, 6.45) is 4.42. The predicted octanol–water partition coefficient (Wildman–Crippen LogP) is 5.66. The lowest BCUT2D eigenvalue weighted by molar-refractivity contribution is 0.293. The van der Waals surface area contributed by atoms with Crippen molar-refractivity contribution in [1.82, 2.24) is 0 Å². The molecule has 4 rings (SSSR count). The fraction of sp³-hybridized carbons (Fsp3) is 0.296. The van der Waals surface area contributed by atoms with E-state index in [1.807, 2.05) is 18.2 Å². The second kappa shape index (κ2) is 9.71. The Hall–Kier alpha value is -3.99. The first-order valence-corrected chi connectivity index (χ1v) is 11.5. The maximum atomic E-state index is 13.5. The van der Waals surface area contributed by atoms with E-state index in [0.29, 0.717) is 17.1 Å². The van der Waals surface area contributed by atoms with Crippen LogP contribution >= 0.6 is 11.6 Å². The third-order valence-corrected chi connectivity index (χ3v) is 7.04. The summed E-state index contributed by atoms with van der Waals surface area (Å²) in [7, 11) is 1.53. The van der Waals surface area contributed by atoms with Gasteiger partial charge < -0.3 is 15.2 Å². The van der Waals surface area contributed by atoms with Crippen molar-refractivity contribution in [3.63, 3.8) is 0 Å². The lowest BCUT2D eigenvalue weighted by atomic mass is 9.56. The van der Waals surface area contributed by atoms with E-state index in [-0.39, 0.29) is 28.8 Å². The summed E-state index contributed by atoms with van der Waals surface area (Å²) in [6.45, 7) is 0.0833. The topological polar surface area (TPSA) is 116 Å². The van der Waals surface area contributed by atoms with Crippen LogP contribution in [0.5, 0.6) is 11.5 Å². The molecule has 8 heteroatoms. The molecule has 2 aliphatic carbocycles. The normalized spacial score (nSPS) is 20.5. The summed E-state index contributed by atoms with van der Waals surface area (Å²) < 4.78 is 24.8. The van der Waals surface area contributed by atoms with Crippen LogP contribution in [0.1, 0.15) is 36.3 Å². The fourth-order valence-corrected chi connectivity index (χ4v) is 5.25. The second-order valence-corrected chi connectivity index (χ2v) is 8.95. The molecule has 0 spiro atoms. The maximum Gasteiger partial charge on any atom is 0.191 e. The van der Waals surface area contributed by atoms with Crippen LogP contribution in [0.25, 0.3) is 0 Å². The lowest BCUT2D eigenvalue weighted by Crippen LogP contribution is -2.42. The van der Waals surface area contributed by atoms with Gasteiger partial charge in [0.15, 0.2) is 5.41 Å². The first-order chi connectivity index (χ1) is 16.9. The molecule has 0 saturated heterocycles. The van der Waals surface area contributed by atoms with Crippen LogP contribution in [-0.4, -0.2) is 7.11 Å². The Morgan fingerprint density at radius 2 is 1.94 bits per heavy atom. The zero-order chi connectivity index (χ0) is 25.2. The molecule has 0 heterocycles. The van der Waals surface area contributed by atoms with Crippen molar-refractivity contribution in [1.29, 1.82) is 15.8 Å². The number of nitriles is 3. The molecule has 35 heavy (non-hydrogen) atoms. The summed E-state index contributed by atoms with van der Waals surface area (Å²) in [4.78, 5) is 0. The zero-order valence-corrected chi connectivity index (χ0v) is 19.8. The Bertz CT molecular complexity index is 1350. The van der Waals surface area contributed by atoms with Gasteiger partial charge in [0, 0.05) is 17.5 Å².